The van der Waals surface area contributed by atoms with E-state index in [4.69, 9.17) is 46.4 Å². The third-order valence-corrected chi connectivity index (χ3v) is 4.33. The van der Waals surface area contributed by atoms with Gasteiger partial charge < -0.3 is 0 Å². The maximum Gasteiger partial charge on any atom is 0.0744 e. The summed E-state index contributed by atoms with van der Waals surface area (Å²) >= 11 is 28.1. The number of thiol groups is 1. The second-order valence-corrected chi connectivity index (χ2v) is 4.79. The van der Waals surface area contributed by atoms with E-state index in [0.29, 0.717) is 25.0 Å². The van der Waals surface area contributed by atoms with E-state index in [1.54, 1.807) is 0 Å². The molecule has 5 heteroatoms. The summed E-state index contributed by atoms with van der Waals surface area (Å²) in [6.45, 7) is 2.03. The molecule has 0 nitrogen and oxygen atoms in total. The molecule has 78 valence electrons. The largest absolute Gasteiger partial charge is 0.140 e. The molecule has 0 aromatic heterocycles. The number of hydrogen-bond donors (Lipinski definition) is 1. The minimum Gasteiger partial charge on any atom is -0.140 e. The van der Waals surface area contributed by atoms with Gasteiger partial charge in [-0.25, -0.2) is 0 Å². The minimum absolute atomic E-state index is 0.368. The van der Waals surface area contributed by atoms with E-state index in [1.807, 2.05) is 6.92 Å². The van der Waals surface area contributed by atoms with E-state index in [0.717, 1.165) is 18.4 Å². The summed E-state index contributed by atoms with van der Waals surface area (Å²) in [5.41, 5.74) is 0.795. The van der Waals surface area contributed by atoms with Crippen molar-refractivity contribution in [1.29, 1.82) is 0 Å². The van der Waals surface area contributed by atoms with Crippen LogP contribution < -0.4 is 0 Å². The van der Waals surface area contributed by atoms with Crippen LogP contribution in [0.15, 0.2) is 4.90 Å². The summed E-state index contributed by atoms with van der Waals surface area (Å²) in [4.78, 5) is 0.434. The number of benzene rings is 1. The van der Waals surface area contributed by atoms with E-state index in [1.165, 1.54) is 0 Å². The van der Waals surface area contributed by atoms with Crippen LogP contribution in [0.1, 0.15) is 18.9 Å². The zero-order chi connectivity index (χ0) is 10.9. The molecule has 0 unspecified atom stereocenters. The van der Waals surface area contributed by atoms with E-state index < -0.39 is 0 Å². The molecule has 0 aliphatic rings. The van der Waals surface area contributed by atoms with Crippen LogP contribution >= 0.6 is 59.0 Å². The topological polar surface area (TPSA) is 0 Å². The molecule has 0 radical (unpaired) electrons. The highest BCUT2D eigenvalue weighted by Gasteiger charge is 2.17. The van der Waals surface area contributed by atoms with Gasteiger partial charge in [0.05, 0.1) is 20.1 Å². The summed E-state index contributed by atoms with van der Waals surface area (Å²) in [6.07, 6.45) is 1.68. The van der Waals surface area contributed by atoms with Crippen LogP contribution in [0.4, 0.5) is 0 Å². The first kappa shape index (κ1) is 12.8. The van der Waals surface area contributed by atoms with Gasteiger partial charge in [0.2, 0.25) is 0 Å². The fourth-order valence-corrected chi connectivity index (χ4v) is 2.57. The molecule has 0 saturated heterocycles. The van der Waals surface area contributed by atoms with Crippen molar-refractivity contribution in [2.45, 2.75) is 24.7 Å². The SMILES string of the molecule is CCCc1c(Cl)c(Cl)c(S)c(Cl)c1Cl. The molecule has 0 heterocycles. The first-order valence-electron chi connectivity index (χ1n) is 4.04. The average molecular weight is 290 g/mol. The lowest BCUT2D eigenvalue weighted by atomic mass is 10.1. The van der Waals surface area contributed by atoms with Crippen LogP contribution in [0.25, 0.3) is 0 Å². The Morgan fingerprint density at radius 3 is 1.71 bits per heavy atom. The van der Waals surface area contributed by atoms with Gasteiger partial charge in [0.1, 0.15) is 0 Å². The molecule has 0 aliphatic heterocycles. The quantitative estimate of drug-likeness (QED) is 0.536. The molecule has 0 atom stereocenters. The zero-order valence-corrected chi connectivity index (χ0v) is 11.3. The van der Waals surface area contributed by atoms with Crippen molar-refractivity contribution in [3.05, 3.63) is 25.7 Å². The van der Waals surface area contributed by atoms with Crippen molar-refractivity contribution in [2.75, 3.05) is 0 Å². The van der Waals surface area contributed by atoms with Gasteiger partial charge in [-0.05, 0) is 12.0 Å². The summed E-state index contributed by atoms with van der Waals surface area (Å²) in [5.74, 6) is 0. The second kappa shape index (κ2) is 5.18. The second-order valence-electron chi connectivity index (χ2n) is 2.83. The molecule has 0 amide bonds. The van der Waals surface area contributed by atoms with Crippen molar-refractivity contribution in [3.63, 3.8) is 0 Å². The Morgan fingerprint density at radius 2 is 1.36 bits per heavy atom. The molecule has 0 bridgehead atoms. The molecule has 0 saturated carbocycles. The van der Waals surface area contributed by atoms with Gasteiger partial charge in [0.25, 0.3) is 0 Å². The predicted molar refractivity (Wildman–Crippen MR) is 67.7 cm³/mol. The Balaban J connectivity index is 3.43. The van der Waals surface area contributed by atoms with Crippen LogP contribution in [-0.2, 0) is 6.42 Å². The van der Waals surface area contributed by atoms with E-state index in [9.17, 15) is 0 Å². The number of rotatable bonds is 2. The predicted octanol–water partition coefficient (Wildman–Crippen LogP) is 5.54. The monoisotopic (exact) mass is 288 g/mol. The highest BCUT2D eigenvalue weighted by molar-refractivity contribution is 7.80. The Kier molecular flexibility index (Phi) is 4.73. The molecule has 0 aliphatic carbocycles. The maximum atomic E-state index is 6.03. The average Bonchev–Trinajstić information content (AvgIpc) is 2.19. The summed E-state index contributed by atoms with van der Waals surface area (Å²) in [6, 6.07) is 0. The number of halogens is 4. The maximum absolute atomic E-state index is 6.03. The lowest BCUT2D eigenvalue weighted by molar-refractivity contribution is 0.920. The van der Waals surface area contributed by atoms with Crippen molar-refractivity contribution in [1.82, 2.24) is 0 Å². The fraction of sp³-hybridized carbons (Fsp3) is 0.333. The Bertz CT molecular complexity index is 333. The molecular weight excluding hydrogens is 282 g/mol. The molecule has 0 N–H and O–H groups in total. The van der Waals surface area contributed by atoms with Crippen molar-refractivity contribution in [3.8, 4) is 0 Å². The fourth-order valence-electron chi connectivity index (χ4n) is 1.14. The molecule has 1 aromatic rings. The Labute approximate surface area is 109 Å². The van der Waals surface area contributed by atoms with Gasteiger partial charge in [-0.3, -0.25) is 0 Å². The van der Waals surface area contributed by atoms with Crippen molar-refractivity contribution < 1.29 is 0 Å². The van der Waals surface area contributed by atoms with Crippen LogP contribution in [0, 0.1) is 0 Å². The summed E-state index contributed by atoms with van der Waals surface area (Å²) in [5, 5.41) is 1.64. The Morgan fingerprint density at radius 1 is 0.929 bits per heavy atom. The van der Waals surface area contributed by atoms with Gasteiger partial charge in [-0.15, -0.1) is 12.6 Å². The standard InChI is InChI=1S/C9H8Cl4S/c1-2-3-4-5(10)7(12)9(14)8(13)6(4)11/h14H,2-3H2,1H3. The zero-order valence-electron chi connectivity index (χ0n) is 7.37. The van der Waals surface area contributed by atoms with Crippen LogP contribution in [-0.4, -0.2) is 0 Å². The Hall–Kier alpha value is 0.730. The van der Waals surface area contributed by atoms with Crippen LogP contribution in [0.2, 0.25) is 20.1 Å². The summed E-state index contributed by atoms with van der Waals surface area (Å²) < 4.78 is 0. The van der Waals surface area contributed by atoms with Gasteiger partial charge in [0, 0.05) is 4.90 Å². The van der Waals surface area contributed by atoms with Gasteiger partial charge in [0.15, 0.2) is 0 Å². The highest BCUT2D eigenvalue weighted by Crippen LogP contribution is 2.43. The third kappa shape index (κ3) is 2.28. The lowest BCUT2D eigenvalue weighted by Crippen LogP contribution is -1.91. The van der Waals surface area contributed by atoms with Crippen LogP contribution in [0.5, 0.6) is 0 Å². The minimum atomic E-state index is 0.368. The summed E-state index contributed by atoms with van der Waals surface area (Å²) in [7, 11) is 0. The first-order chi connectivity index (χ1) is 6.50. The van der Waals surface area contributed by atoms with Crippen molar-refractivity contribution in [2.24, 2.45) is 0 Å². The van der Waals surface area contributed by atoms with Gasteiger partial charge >= 0.3 is 0 Å². The van der Waals surface area contributed by atoms with Crippen LogP contribution in [0.3, 0.4) is 0 Å². The smallest absolute Gasteiger partial charge is 0.0744 e. The normalized spacial score (nSPS) is 10.7. The van der Waals surface area contributed by atoms with Gasteiger partial charge in [-0.1, -0.05) is 59.7 Å². The van der Waals surface area contributed by atoms with E-state index in [2.05, 4.69) is 12.6 Å². The van der Waals surface area contributed by atoms with E-state index >= 15 is 0 Å². The molecule has 0 spiro atoms. The molecule has 14 heavy (non-hydrogen) atoms. The molecular formula is C9H8Cl4S. The van der Waals surface area contributed by atoms with Crippen molar-refractivity contribution >= 4 is 59.0 Å². The number of hydrogen-bond acceptors (Lipinski definition) is 1. The first-order valence-corrected chi connectivity index (χ1v) is 6.00. The van der Waals surface area contributed by atoms with Gasteiger partial charge in [-0.2, -0.15) is 0 Å². The molecule has 1 rings (SSSR count). The molecule has 0 fully saturated rings. The third-order valence-electron chi connectivity index (χ3n) is 1.83. The highest BCUT2D eigenvalue weighted by atomic mass is 35.5. The molecule has 1 aromatic carbocycles. The van der Waals surface area contributed by atoms with E-state index in [-0.39, 0.29) is 0 Å². The lowest BCUT2D eigenvalue weighted by Gasteiger charge is -2.11.